The topological polar surface area (TPSA) is 72.5 Å². The minimum atomic E-state index is 0.449. The third kappa shape index (κ3) is 1.55. The van der Waals surface area contributed by atoms with Crippen molar-refractivity contribution in [3.63, 3.8) is 0 Å². The van der Waals surface area contributed by atoms with Gasteiger partial charge in [-0.15, -0.1) is 0 Å². The number of H-pyrrole nitrogens is 1. The van der Waals surface area contributed by atoms with Crippen LogP contribution >= 0.6 is 11.6 Å². The van der Waals surface area contributed by atoms with E-state index in [1.54, 1.807) is 6.07 Å². The number of anilines is 1. The summed E-state index contributed by atoms with van der Waals surface area (Å²) in [6.45, 7) is 0. The number of benzene rings is 1. The predicted molar refractivity (Wildman–Crippen MR) is 67.7 cm³/mol. The van der Waals surface area contributed by atoms with E-state index in [1.807, 2.05) is 29.8 Å². The minimum absolute atomic E-state index is 0.449. The number of aryl methyl sites for hydroxylation is 1. The molecule has 6 heteroatoms. The van der Waals surface area contributed by atoms with Gasteiger partial charge in [0.15, 0.2) is 5.82 Å². The molecule has 0 spiro atoms. The third-order valence-corrected chi connectivity index (χ3v) is 2.92. The van der Waals surface area contributed by atoms with Crippen LogP contribution in [0.4, 0.5) is 5.82 Å². The number of aromatic nitrogens is 4. The molecule has 0 saturated carbocycles. The van der Waals surface area contributed by atoms with Crippen LogP contribution in [0.5, 0.6) is 0 Å². The van der Waals surface area contributed by atoms with Gasteiger partial charge in [-0.25, -0.2) is 4.98 Å². The minimum Gasteiger partial charge on any atom is -0.382 e. The summed E-state index contributed by atoms with van der Waals surface area (Å²) in [5.41, 5.74) is 8.23. The van der Waals surface area contributed by atoms with Gasteiger partial charge in [-0.05, 0) is 18.2 Å². The summed E-state index contributed by atoms with van der Waals surface area (Å²) < 4.78 is 1.97. The van der Waals surface area contributed by atoms with E-state index < -0.39 is 0 Å². The quantitative estimate of drug-likeness (QED) is 0.692. The van der Waals surface area contributed by atoms with E-state index in [9.17, 15) is 0 Å². The molecule has 0 aliphatic rings. The molecule has 0 radical (unpaired) electrons. The molecule has 17 heavy (non-hydrogen) atoms. The molecule has 0 saturated heterocycles. The molecular formula is C11H10ClN5. The molecule has 0 aliphatic heterocycles. The van der Waals surface area contributed by atoms with E-state index >= 15 is 0 Å². The molecule has 5 nitrogen and oxygen atoms in total. The van der Waals surface area contributed by atoms with E-state index in [0.29, 0.717) is 10.8 Å². The van der Waals surface area contributed by atoms with Crippen molar-refractivity contribution in [2.45, 2.75) is 0 Å². The molecular weight excluding hydrogens is 238 g/mol. The Bertz CT molecular complexity index is 697. The van der Waals surface area contributed by atoms with Crippen LogP contribution in [0.3, 0.4) is 0 Å². The van der Waals surface area contributed by atoms with Gasteiger partial charge in [0.25, 0.3) is 0 Å². The number of rotatable bonds is 1. The van der Waals surface area contributed by atoms with Crippen molar-refractivity contribution >= 4 is 28.5 Å². The highest BCUT2D eigenvalue weighted by molar-refractivity contribution is 6.31. The Morgan fingerprint density at radius 2 is 2.18 bits per heavy atom. The van der Waals surface area contributed by atoms with Crippen LogP contribution in [0.25, 0.3) is 22.6 Å². The highest BCUT2D eigenvalue weighted by Crippen LogP contribution is 2.25. The van der Waals surface area contributed by atoms with Gasteiger partial charge < -0.3 is 10.3 Å². The number of halogens is 1. The van der Waals surface area contributed by atoms with E-state index in [0.717, 1.165) is 22.6 Å². The molecule has 0 atom stereocenters. The summed E-state index contributed by atoms with van der Waals surface area (Å²) in [6, 6.07) is 7.37. The van der Waals surface area contributed by atoms with E-state index in [-0.39, 0.29) is 0 Å². The van der Waals surface area contributed by atoms with Crippen molar-refractivity contribution in [1.82, 2.24) is 19.7 Å². The molecule has 0 bridgehead atoms. The lowest BCUT2D eigenvalue weighted by molar-refractivity contribution is 0.944. The van der Waals surface area contributed by atoms with Crippen molar-refractivity contribution < 1.29 is 0 Å². The van der Waals surface area contributed by atoms with Gasteiger partial charge in [-0.2, -0.15) is 5.10 Å². The first-order valence-electron chi connectivity index (χ1n) is 5.08. The fourth-order valence-electron chi connectivity index (χ4n) is 1.87. The van der Waals surface area contributed by atoms with Crippen LogP contribution < -0.4 is 5.73 Å². The average Bonchev–Trinajstić information content (AvgIpc) is 2.83. The number of fused-ring (bicyclic) bond motifs is 1. The Morgan fingerprint density at radius 1 is 1.35 bits per heavy atom. The smallest absolute Gasteiger partial charge is 0.159 e. The van der Waals surface area contributed by atoms with Crippen molar-refractivity contribution in [2.75, 3.05) is 5.73 Å². The summed E-state index contributed by atoms with van der Waals surface area (Å²) in [4.78, 5) is 4.51. The van der Waals surface area contributed by atoms with Crippen LogP contribution in [-0.4, -0.2) is 19.7 Å². The lowest BCUT2D eigenvalue weighted by Crippen LogP contribution is -1.92. The van der Waals surface area contributed by atoms with Crippen molar-refractivity contribution in [1.29, 1.82) is 0 Å². The number of nitrogens with zero attached hydrogens (tertiary/aromatic N) is 3. The van der Waals surface area contributed by atoms with E-state index in [1.165, 1.54) is 0 Å². The van der Waals surface area contributed by atoms with Crippen molar-refractivity contribution in [3.8, 4) is 11.5 Å². The average molecular weight is 248 g/mol. The number of nitrogen functional groups attached to an aromatic ring is 1. The van der Waals surface area contributed by atoms with Gasteiger partial charge in [0, 0.05) is 18.1 Å². The van der Waals surface area contributed by atoms with Gasteiger partial charge in [0.05, 0.1) is 11.0 Å². The van der Waals surface area contributed by atoms with Crippen LogP contribution in [-0.2, 0) is 7.05 Å². The fraction of sp³-hybridized carbons (Fsp3) is 0.0909. The zero-order valence-corrected chi connectivity index (χ0v) is 9.86. The Morgan fingerprint density at radius 3 is 2.88 bits per heavy atom. The second kappa shape index (κ2) is 3.49. The van der Waals surface area contributed by atoms with Gasteiger partial charge >= 0.3 is 0 Å². The van der Waals surface area contributed by atoms with Gasteiger partial charge in [-0.1, -0.05) is 11.6 Å². The normalized spacial score (nSPS) is 11.2. The molecule has 1 aromatic carbocycles. The Balaban J connectivity index is 2.27. The maximum atomic E-state index is 5.94. The van der Waals surface area contributed by atoms with Crippen LogP contribution in [0.15, 0.2) is 24.3 Å². The molecule has 3 N–H and O–H groups in total. The standard InChI is InChI=1S/C11H10ClN5/c1-17-9-3-2-6(12)4-7(9)14-11(17)8-5-10(13)16-15-8/h2-5H,1H3,(H3,13,15,16). The molecule has 3 rings (SSSR count). The Labute approximate surface area is 102 Å². The maximum Gasteiger partial charge on any atom is 0.159 e. The molecule has 2 heterocycles. The highest BCUT2D eigenvalue weighted by Gasteiger charge is 2.11. The Kier molecular flexibility index (Phi) is 2.09. The molecule has 0 fully saturated rings. The summed E-state index contributed by atoms with van der Waals surface area (Å²) in [5.74, 6) is 1.23. The summed E-state index contributed by atoms with van der Waals surface area (Å²) in [7, 11) is 1.94. The van der Waals surface area contributed by atoms with Crippen LogP contribution in [0, 0.1) is 0 Å². The number of imidazole rings is 1. The zero-order chi connectivity index (χ0) is 12.0. The van der Waals surface area contributed by atoms with Crippen LogP contribution in [0.2, 0.25) is 5.02 Å². The number of aromatic amines is 1. The molecule has 0 amide bonds. The lowest BCUT2D eigenvalue weighted by Gasteiger charge is -1.98. The summed E-state index contributed by atoms with van der Waals surface area (Å²) in [5, 5.41) is 7.41. The van der Waals surface area contributed by atoms with Gasteiger partial charge in [-0.3, -0.25) is 5.10 Å². The number of nitrogens with one attached hydrogen (secondary N) is 1. The van der Waals surface area contributed by atoms with Gasteiger partial charge in [0.1, 0.15) is 11.5 Å². The van der Waals surface area contributed by atoms with Crippen molar-refractivity contribution in [3.05, 3.63) is 29.3 Å². The number of hydrogen-bond donors (Lipinski definition) is 2. The SMILES string of the molecule is Cn1c(-c2cc(N)n[nH]2)nc2cc(Cl)ccc21. The first-order chi connectivity index (χ1) is 8.15. The first-order valence-corrected chi connectivity index (χ1v) is 5.46. The fourth-order valence-corrected chi connectivity index (χ4v) is 2.03. The second-order valence-electron chi connectivity index (χ2n) is 3.83. The summed E-state index contributed by atoms with van der Waals surface area (Å²) in [6.07, 6.45) is 0. The van der Waals surface area contributed by atoms with Crippen molar-refractivity contribution in [2.24, 2.45) is 7.05 Å². The van der Waals surface area contributed by atoms with Gasteiger partial charge in [0.2, 0.25) is 0 Å². The number of hydrogen-bond acceptors (Lipinski definition) is 3. The van der Waals surface area contributed by atoms with E-state index in [2.05, 4.69) is 15.2 Å². The van der Waals surface area contributed by atoms with Crippen LogP contribution in [0.1, 0.15) is 0 Å². The lowest BCUT2D eigenvalue weighted by atomic mass is 10.3. The largest absolute Gasteiger partial charge is 0.382 e. The monoisotopic (exact) mass is 247 g/mol. The number of nitrogens with two attached hydrogens (primary N) is 1. The summed E-state index contributed by atoms with van der Waals surface area (Å²) >= 11 is 5.94. The highest BCUT2D eigenvalue weighted by atomic mass is 35.5. The second-order valence-corrected chi connectivity index (χ2v) is 4.27. The Hall–Kier alpha value is -2.01. The molecule has 3 aromatic rings. The zero-order valence-electron chi connectivity index (χ0n) is 9.11. The molecule has 86 valence electrons. The predicted octanol–water partition coefficient (Wildman–Crippen LogP) is 2.20. The molecule has 2 aromatic heterocycles. The molecule has 0 aliphatic carbocycles. The third-order valence-electron chi connectivity index (χ3n) is 2.68. The first kappa shape index (κ1) is 10.2. The molecule has 0 unspecified atom stereocenters. The maximum absolute atomic E-state index is 5.94. The van der Waals surface area contributed by atoms with E-state index in [4.69, 9.17) is 17.3 Å².